The van der Waals surface area contributed by atoms with Gasteiger partial charge in [0.15, 0.2) is 11.5 Å². The third-order valence-corrected chi connectivity index (χ3v) is 5.37. The van der Waals surface area contributed by atoms with Crippen LogP contribution in [0.25, 0.3) is 16.6 Å². The predicted molar refractivity (Wildman–Crippen MR) is 107 cm³/mol. The lowest BCUT2D eigenvalue weighted by Crippen LogP contribution is -2.34. The first kappa shape index (κ1) is 16.8. The van der Waals surface area contributed by atoms with Gasteiger partial charge in [0.05, 0.1) is 19.0 Å². The Morgan fingerprint density at radius 3 is 2.93 bits per heavy atom. The van der Waals surface area contributed by atoms with Crippen molar-refractivity contribution in [3.05, 3.63) is 36.4 Å². The molecule has 4 aromatic rings. The minimum atomic E-state index is 0.230. The largest absolute Gasteiger partial charge is 0.494 e. The van der Waals surface area contributed by atoms with Gasteiger partial charge in [0, 0.05) is 37.6 Å². The van der Waals surface area contributed by atoms with Crippen LogP contribution in [0.5, 0.6) is 5.75 Å². The molecule has 1 atom stereocenters. The lowest BCUT2D eigenvalue weighted by atomic mass is 9.97. The molecule has 0 radical (unpaired) electrons. The maximum Gasteiger partial charge on any atom is 0.223 e. The molecular formula is C19H22N8O. The predicted octanol–water partition coefficient (Wildman–Crippen LogP) is 1.99. The highest BCUT2D eigenvalue weighted by atomic mass is 16.5. The zero-order valence-corrected chi connectivity index (χ0v) is 15.9. The third-order valence-electron chi connectivity index (χ3n) is 5.37. The number of nitrogens with two attached hydrogens (primary N) is 1. The van der Waals surface area contributed by atoms with Gasteiger partial charge in [-0.15, -0.1) is 5.10 Å². The van der Waals surface area contributed by atoms with Crippen LogP contribution >= 0.6 is 0 Å². The Bertz CT molecular complexity index is 1160. The number of ether oxygens (including phenoxy) is 1. The fraction of sp³-hybridized carbons (Fsp3) is 0.368. The highest BCUT2D eigenvalue weighted by molar-refractivity contribution is 5.95. The van der Waals surface area contributed by atoms with Crippen LogP contribution in [0.1, 0.15) is 24.6 Å². The van der Waals surface area contributed by atoms with Crippen LogP contribution in [0, 0.1) is 0 Å². The van der Waals surface area contributed by atoms with Crippen LogP contribution in [-0.2, 0) is 7.05 Å². The maximum absolute atomic E-state index is 6.18. The third kappa shape index (κ3) is 2.62. The smallest absolute Gasteiger partial charge is 0.223 e. The molecule has 1 aliphatic heterocycles. The Morgan fingerprint density at radius 1 is 1.25 bits per heavy atom. The van der Waals surface area contributed by atoms with E-state index >= 15 is 0 Å². The Morgan fingerprint density at radius 2 is 2.14 bits per heavy atom. The molecule has 9 nitrogen and oxygen atoms in total. The lowest BCUT2D eigenvalue weighted by molar-refractivity contribution is 0.419. The van der Waals surface area contributed by atoms with E-state index in [1.165, 1.54) is 0 Å². The first-order chi connectivity index (χ1) is 13.6. The van der Waals surface area contributed by atoms with Gasteiger partial charge in [0.25, 0.3) is 0 Å². The molecule has 0 aliphatic carbocycles. The van der Waals surface area contributed by atoms with Crippen molar-refractivity contribution in [2.24, 2.45) is 7.05 Å². The number of para-hydroxylation sites is 1. The minimum Gasteiger partial charge on any atom is -0.494 e. The zero-order valence-electron chi connectivity index (χ0n) is 15.9. The van der Waals surface area contributed by atoms with Crippen molar-refractivity contribution >= 4 is 28.2 Å². The molecule has 5 rings (SSSR count). The summed E-state index contributed by atoms with van der Waals surface area (Å²) in [6.07, 6.45) is 6.07. The Labute approximate surface area is 161 Å². The molecule has 4 heterocycles. The summed E-state index contributed by atoms with van der Waals surface area (Å²) in [5.41, 5.74) is 8.73. The number of hydrogen-bond donors (Lipinski definition) is 1. The highest BCUT2D eigenvalue weighted by Crippen LogP contribution is 2.31. The van der Waals surface area contributed by atoms with Crippen molar-refractivity contribution in [2.45, 2.75) is 18.8 Å². The molecule has 28 heavy (non-hydrogen) atoms. The summed E-state index contributed by atoms with van der Waals surface area (Å²) in [4.78, 5) is 11.7. The van der Waals surface area contributed by atoms with E-state index in [2.05, 4.69) is 15.0 Å². The summed E-state index contributed by atoms with van der Waals surface area (Å²) in [5, 5.41) is 9.88. The number of nitrogens with zero attached hydrogens (tertiary/aromatic N) is 7. The molecule has 0 bridgehead atoms. The fourth-order valence-electron chi connectivity index (χ4n) is 3.97. The molecule has 1 aliphatic rings. The number of benzene rings is 1. The number of aryl methyl sites for hydroxylation is 1. The van der Waals surface area contributed by atoms with Crippen molar-refractivity contribution in [3.8, 4) is 5.75 Å². The summed E-state index contributed by atoms with van der Waals surface area (Å²) >= 11 is 0. The number of methoxy groups -OCH3 is 1. The van der Waals surface area contributed by atoms with Crippen molar-refractivity contribution in [2.75, 3.05) is 30.8 Å². The second-order valence-corrected chi connectivity index (χ2v) is 7.19. The van der Waals surface area contributed by atoms with Gasteiger partial charge < -0.3 is 15.4 Å². The van der Waals surface area contributed by atoms with Gasteiger partial charge in [-0.25, -0.2) is 9.97 Å². The zero-order chi connectivity index (χ0) is 19.3. The SMILES string of the molecule is COc1cccc2c1nc(N)n1nc([C@@H]3CCCN(c4cnn(C)c4)C3)nc21. The number of hydrogen-bond acceptors (Lipinski definition) is 7. The normalized spacial score (nSPS) is 17.5. The number of fused-ring (bicyclic) bond motifs is 3. The van der Waals surface area contributed by atoms with Gasteiger partial charge in [-0.3, -0.25) is 4.68 Å². The van der Waals surface area contributed by atoms with Gasteiger partial charge in [-0.1, -0.05) is 6.07 Å². The van der Waals surface area contributed by atoms with Gasteiger partial charge in [0.2, 0.25) is 5.95 Å². The second-order valence-electron chi connectivity index (χ2n) is 7.19. The average Bonchev–Trinajstić information content (AvgIpc) is 3.35. The fourth-order valence-corrected chi connectivity index (χ4v) is 3.97. The summed E-state index contributed by atoms with van der Waals surface area (Å²) < 4.78 is 8.90. The van der Waals surface area contributed by atoms with Crippen LogP contribution in [0.4, 0.5) is 11.6 Å². The first-order valence-electron chi connectivity index (χ1n) is 9.36. The van der Waals surface area contributed by atoms with Crippen LogP contribution in [0.3, 0.4) is 0 Å². The van der Waals surface area contributed by atoms with Crippen LogP contribution in [0.15, 0.2) is 30.6 Å². The Balaban J connectivity index is 1.56. The summed E-state index contributed by atoms with van der Waals surface area (Å²) in [5.74, 6) is 2.02. The molecule has 2 N–H and O–H groups in total. The molecule has 1 aromatic carbocycles. The maximum atomic E-state index is 6.18. The Hall–Kier alpha value is -3.36. The minimum absolute atomic E-state index is 0.230. The number of rotatable bonds is 3. The average molecular weight is 378 g/mol. The van der Waals surface area contributed by atoms with E-state index in [0.717, 1.165) is 48.5 Å². The molecule has 3 aromatic heterocycles. The van der Waals surface area contributed by atoms with Crippen LogP contribution in [0.2, 0.25) is 0 Å². The van der Waals surface area contributed by atoms with E-state index in [4.69, 9.17) is 20.6 Å². The standard InChI is InChI=1S/C19H22N8O/c1-25-11-13(9-21-25)26-8-4-5-12(10-26)17-23-18-14-6-3-7-15(28-2)16(14)22-19(20)27(18)24-17/h3,6-7,9,11-12H,4-5,8,10H2,1-2H3,(H2,20,22)/t12-/m1/s1. The number of anilines is 2. The van der Waals surface area contributed by atoms with Crippen molar-refractivity contribution in [1.29, 1.82) is 0 Å². The van der Waals surface area contributed by atoms with E-state index < -0.39 is 0 Å². The van der Waals surface area contributed by atoms with E-state index in [1.807, 2.05) is 42.3 Å². The van der Waals surface area contributed by atoms with Gasteiger partial charge >= 0.3 is 0 Å². The summed E-state index contributed by atoms with van der Waals surface area (Å²) in [6, 6.07) is 5.77. The molecule has 9 heteroatoms. The summed E-state index contributed by atoms with van der Waals surface area (Å²) in [7, 11) is 3.56. The molecular weight excluding hydrogens is 356 g/mol. The van der Waals surface area contributed by atoms with Gasteiger partial charge in [-0.05, 0) is 25.0 Å². The topological polar surface area (TPSA) is 99.4 Å². The van der Waals surface area contributed by atoms with E-state index in [-0.39, 0.29) is 5.92 Å². The molecule has 1 saturated heterocycles. The second kappa shape index (κ2) is 6.36. The monoisotopic (exact) mass is 378 g/mol. The van der Waals surface area contributed by atoms with E-state index in [0.29, 0.717) is 17.2 Å². The van der Waals surface area contributed by atoms with E-state index in [1.54, 1.807) is 11.6 Å². The van der Waals surface area contributed by atoms with Crippen molar-refractivity contribution in [1.82, 2.24) is 29.4 Å². The molecule has 144 valence electrons. The number of nitrogen functional groups attached to an aromatic ring is 1. The number of aromatic nitrogens is 6. The molecule has 0 amide bonds. The van der Waals surface area contributed by atoms with Crippen molar-refractivity contribution < 1.29 is 4.74 Å². The van der Waals surface area contributed by atoms with Gasteiger partial charge in [-0.2, -0.15) is 9.61 Å². The quantitative estimate of drug-likeness (QED) is 0.582. The highest BCUT2D eigenvalue weighted by Gasteiger charge is 2.26. The molecule has 0 spiro atoms. The van der Waals surface area contributed by atoms with Crippen LogP contribution in [-0.4, -0.2) is 49.6 Å². The van der Waals surface area contributed by atoms with Crippen LogP contribution < -0.4 is 15.4 Å². The Kier molecular flexibility index (Phi) is 3.81. The molecule has 0 unspecified atom stereocenters. The van der Waals surface area contributed by atoms with Gasteiger partial charge in [0.1, 0.15) is 11.3 Å². The lowest BCUT2D eigenvalue weighted by Gasteiger charge is -2.32. The summed E-state index contributed by atoms with van der Waals surface area (Å²) in [6.45, 7) is 1.87. The van der Waals surface area contributed by atoms with E-state index in [9.17, 15) is 0 Å². The number of piperidine rings is 1. The first-order valence-corrected chi connectivity index (χ1v) is 9.36. The van der Waals surface area contributed by atoms with Crippen molar-refractivity contribution in [3.63, 3.8) is 0 Å². The molecule has 1 fully saturated rings. The molecule has 0 saturated carbocycles.